The molecule has 2 rings (SSSR count). The zero-order valence-electron chi connectivity index (χ0n) is 10.7. The van der Waals surface area contributed by atoms with E-state index in [1.807, 2.05) is 33.8 Å². The predicted molar refractivity (Wildman–Crippen MR) is 70.7 cm³/mol. The molecule has 0 aliphatic carbocycles. The summed E-state index contributed by atoms with van der Waals surface area (Å²) in [5.74, 6) is -1.19. The van der Waals surface area contributed by atoms with Gasteiger partial charge in [0.25, 0.3) is 0 Å². The molecule has 0 unspecified atom stereocenters. The number of halogens is 1. The first-order valence-electron chi connectivity index (χ1n) is 5.62. The number of carboxylic acids is 1. The van der Waals surface area contributed by atoms with E-state index in [1.54, 1.807) is 4.52 Å². The van der Waals surface area contributed by atoms with E-state index in [9.17, 15) is 9.90 Å². The monoisotopic (exact) mass is 309 g/mol. The number of nitrogens with zero attached hydrogens (tertiary/aromatic N) is 2. The van der Waals surface area contributed by atoms with Crippen molar-refractivity contribution in [3.63, 3.8) is 0 Å². The van der Waals surface area contributed by atoms with Crippen LogP contribution in [0, 0.1) is 6.92 Å². The maximum atomic E-state index is 11.2. The second-order valence-electron chi connectivity index (χ2n) is 5.39. The van der Waals surface area contributed by atoms with Gasteiger partial charge in [0.1, 0.15) is 4.60 Å². The molecule has 2 aromatic rings. The summed E-state index contributed by atoms with van der Waals surface area (Å²) in [6.45, 7) is 7.88. The topological polar surface area (TPSA) is 57.4 Å². The molecule has 4 nitrogen and oxygen atoms in total. The third-order valence-electron chi connectivity index (χ3n) is 2.89. The van der Waals surface area contributed by atoms with Crippen molar-refractivity contribution in [3.8, 4) is 0 Å². The number of hydrogen-bond acceptors (Lipinski definition) is 3. The van der Waals surface area contributed by atoms with Crippen LogP contribution in [0.3, 0.4) is 0 Å². The van der Waals surface area contributed by atoms with Gasteiger partial charge in [-0.3, -0.25) is 0 Å². The Kier molecular flexibility index (Phi) is 2.97. The van der Waals surface area contributed by atoms with Crippen LogP contribution < -0.4 is 5.11 Å². The van der Waals surface area contributed by atoms with Gasteiger partial charge < -0.3 is 9.90 Å². The van der Waals surface area contributed by atoms with Gasteiger partial charge in [-0.2, -0.15) is 5.10 Å². The fraction of sp³-hybridized carbons (Fsp3) is 0.385. The lowest BCUT2D eigenvalue weighted by molar-refractivity contribution is -0.255. The number of aromatic nitrogens is 2. The molecule has 18 heavy (non-hydrogen) atoms. The third-order valence-corrected chi connectivity index (χ3v) is 3.85. The van der Waals surface area contributed by atoms with E-state index in [1.165, 1.54) is 6.20 Å². The van der Waals surface area contributed by atoms with Gasteiger partial charge in [-0.05, 0) is 45.5 Å². The number of hydrogen-bond donors (Lipinski definition) is 0. The van der Waals surface area contributed by atoms with E-state index >= 15 is 0 Å². The van der Waals surface area contributed by atoms with E-state index in [4.69, 9.17) is 0 Å². The van der Waals surface area contributed by atoms with E-state index < -0.39 is 5.97 Å². The van der Waals surface area contributed by atoms with Crippen LogP contribution in [0.5, 0.6) is 0 Å². The molecule has 0 aliphatic heterocycles. The normalized spacial score (nSPS) is 12.1. The number of aryl methyl sites for hydroxylation is 1. The summed E-state index contributed by atoms with van der Waals surface area (Å²) in [5.41, 5.74) is 2.41. The molecule has 0 amide bonds. The first-order valence-corrected chi connectivity index (χ1v) is 6.41. The Labute approximate surface area is 114 Å². The average molecular weight is 310 g/mol. The predicted octanol–water partition coefficient (Wildman–Crippen LogP) is 2.07. The van der Waals surface area contributed by atoms with Gasteiger partial charge >= 0.3 is 0 Å². The molecule has 5 heteroatoms. The van der Waals surface area contributed by atoms with Gasteiger partial charge in [0.15, 0.2) is 0 Å². The number of carbonyl (C=O) groups excluding carboxylic acids is 1. The van der Waals surface area contributed by atoms with Gasteiger partial charge in [-0.25, -0.2) is 4.52 Å². The van der Waals surface area contributed by atoms with Crippen LogP contribution in [0.15, 0.2) is 16.9 Å². The molecular weight excluding hydrogens is 296 g/mol. The van der Waals surface area contributed by atoms with Crippen molar-refractivity contribution in [2.75, 3.05) is 0 Å². The van der Waals surface area contributed by atoms with Crippen molar-refractivity contribution < 1.29 is 9.90 Å². The minimum Gasteiger partial charge on any atom is -0.545 e. The molecule has 0 saturated carbocycles. The molecule has 0 saturated heterocycles. The number of rotatable bonds is 1. The number of carbonyl (C=O) groups is 1. The molecule has 0 N–H and O–H groups in total. The van der Waals surface area contributed by atoms with E-state index in [0.717, 1.165) is 21.2 Å². The number of aromatic carboxylic acids is 1. The molecule has 0 aliphatic rings. The fourth-order valence-electron chi connectivity index (χ4n) is 2.15. The summed E-state index contributed by atoms with van der Waals surface area (Å²) >= 11 is 3.45. The standard InChI is InChI=1S/C13H15BrN2O2/c1-7-5-9-10(13(2,3)4)8(12(17)18)6-15-16(9)11(7)14/h5-6H,1-4H3,(H,17,18)/p-1. The number of carboxylic acid groups (broad SMARTS) is 1. The molecule has 0 atom stereocenters. The van der Waals surface area contributed by atoms with Gasteiger partial charge in [0.2, 0.25) is 0 Å². The highest BCUT2D eigenvalue weighted by atomic mass is 79.9. The molecule has 0 spiro atoms. The first kappa shape index (κ1) is 13.1. The third kappa shape index (κ3) is 1.92. The van der Waals surface area contributed by atoms with Crippen LogP contribution in [-0.2, 0) is 5.41 Å². The number of fused-ring (bicyclic) bond motifs is 1. The highest BCUT2D eigenvalue weighted by Crippen LogP contribution is 2.32. The maximum Gasteiger partial charge on any atom is 0.111 e. The largest absolute Gasteiger partial charge is 0.545 e. The minimum absolute atomic E-state index is 0.153. The SMILES string of the molecule is Cc1cc2c(C(C)(C)C)c(C(=O)[O-])cnn2c1Br. The smallest absolute Gasteiger partial charge is 0.111 e. The lowest BCUT2D eigenvalue weighted by Crippen LogP contribution is -2.28. The second kappa shape index (κ2) is 4.09. The van der Waals surface area contributed by atoms with Gasteiger partial charge in [0.05, 0.1) is 17.7 Å². The fourth-order valence-corrected chi connectivity index (χ4v) is 2.55. The Bertz CT molecular complexity index is 638. The summed E-state index contributed by atoms with van der Waals surface area (Å²) < 4.78 is 2.55. The molecule has 0 fully saturated rings. The van der Waals surface area contributed by atoms with Gasteiger partial charge in [-0.1, -0.05) is 20.8 Å². The van der Waals surface area contributed by atoms with Gasteiger partial charge in [0, 0.05) is 5.56 Å². The van der Waals surface area contributed by atoms with E-state index in [2.05, 4.69) is 21.0 Å². The average Bonchev–Trinajstić information content (AvgIpc) is 2.52. The van der Waals surface area contributed by atoms with Crippen LogP contribution in [0.4, 0.5) is 0 Å². The van der Waals surface area contributed by atoms with E-state index in [0.29, 0.717) is 0 Å². The Morgan fingerprint density at radius 1 is 1.44 bits per heavy atom. The van der Waals surface area contributed by atoms with Crippen molar-refractivity contribution in [3.05, 3.63) is 33.6 Å². The van der Waals surface area contributed by atoms with Crippen molar-refractivity contribution in [2.45, 2.75) is 33.1 Å². The lowest BCUT2D eigenvalue weighted by Gasteiger charge is -2.24. The van der Waals surface area contributed by atoms with Crippen molar-refractivity contribution in [2.24, 2.45) is 0 Å². The zero-order chi connectivity index (χ0) is 13.7. The van der Waals surface area contributed by atoms with Crippen LogP contribution >= 0.6 is 15.9 Å². The van der Waals surface area contributed by atoms with E-state index in [-0.39, 0.29) is 11.0 Å². The van der Waals surface area contributed by atoms with Crippen LogP contribution in [0.2, 0.25) is 0 Å². The molecule has 0 bridgehead atoms. The Morgan fingerprint density at radius 2 is 2.06 bits per heavy atom. The molecule has 2 heterocycles. The van der Waals surface area contributed by atoms with Crippen LogP contribution in [0.25, 0.3) is 5.52 Å². The van der Waals surface area contributed by atoms with Gasteiger partial charge in [-0.15, -0.1) is 0 Å². The molecule has 0 radical (unpaired) electrons. The molecule has 0 aromatic carbocycles. The Hall–Kier alpha value is -1.36. The van der Waals surface area contributed by atoms with Crippen LogP contribution in [-0.4, -0.2) is 15.6 Å². The highest BCUT2D eigenvalue weighted by Gasteiger charge is 2.24. The quantitative estimate of drug-likeness (QED) is 0.810. The summed E-state index contributed by atoms with van der Waals surface area (Å²) in [6, 6.07) is 1.93. The van der Waals surface area contributed by atoms with Crippen LogP contribution in [0.1, 0.15) is 42.3 Å². The summed E-state index contributed by atoms with van der Waals surface area (Å²) in [7, 11) is 0. The summed E-state index contributed by atoms with van der Waals surface area (Å²) in [5, 5.41) is 15.4. The van der Waals surface area contributed by atoms with Crippen molar-refractivity contribution in [1.82, 2.24) is 9.61 Å². The zero-order valence-corrected chi connectivity index (χ0v) is 12.3. The van der Waals surface area contributed by atoms with Crippen molar-refractivity contribution in [1.29, 1.82) is 0 Å². The molecular formula is C13H14BrN2O2-. The minimum atomic E-state index is -1.19. The summed E-state index contributed by atoms with van der Waals surface area (Å²) in [6.07, 6.45) is 1.35. The maximum absolute atomic E-state index is 11.2. The molecule has 96 valence electrons. The first-order chi connectivity index (χ1) is 8.23. The Balaban J connectivity index is 2.95. The highest BCUT2D eigenvalue weighted by molar-refractivity contribution is 9.10. The molecule has 2 aromatic heterocycles. The second-order valence-corrected chi connectivity index (χ2v) is 6.14. The van der Waals surface area contributed by atoms with Crippen molar-refractivity contribution >= 4 is 27.4 Å². The lowest BCUT2D eigenvalue weighted by atomic mass is 9.84. The summed E-state index contributed by atoms with van der Waals surface area (Å²) in [4.78, 5) is 11.2. The Morgan fingerprint density at radius 3 is 2.56 bits per heavy atom.